The van der Waals surface area contributed by atoms with Gasteiger partial charge in [-0.3, -0.25) is 19.1 Å². The van der Waals surface area contributed by atoms with E-state index in [1.54, 1.807) is 29.4 Å². The van der Waals surface area contributed by atoms with E-state index in [0.29, 0.717) is 18.5 Å². The van der Waals surface area contributed by atoms with E-state index >= 15 is 0 Å². The number of nitrogens with one attached hydrogen (secondary N) is 1. The Morgan fingerprint density at radius 1 is 1.19 bits per heavy atom. The summed E-state index contributed by atoms with van der Waals surface area (Å²) in [5.41, 5.74) is 1.38. The molecule has 3 aromatic rings. The first-order chi connectivity index (χ1) is 15.4. The van der Waals surface area contributed by atoms with Crippen molar-refractivity contribution in [2.24, 2.45) is 5.92 Å². The van der Waals surface area contributed by atoms with Gasteiger partial charge in [0.25, 0.3) is 5.91 Å². The Labute approximate surface area is 185 Å². The van der Waals surface area contributed by atoms with Crippen LogP contribution in [0.25, 0.3) is 5.95 Å². The molecule has 9 heteroatoms. The lowest BCUT2D eigenvalue weighted by Crippen LogP contribution is -2.39. The monoisotopic (exact) mass is 435 g/mol. The quantitative estimate of drug-likeness (QED) is 0.632. The van der Waals surface area contributed by atoms with E-state index < -0.39 is 12.0 Å². The number of anilines is 1. The molecule has 0 bridgehead atoms. The number of pyridine rings is 2. The Kier molecular flexibility index (Phi) is 6.38. The zero-order valence-corrected chi connectivity index (χ0v) is 17.9. The lowest BCUT2D eigenvalue weighted by atomic mass is 9.91. The molecular formula is C23H25N5O4. The number of hydrogen-bond donors (Lipinski definition) is 2. The lowest BCUT2D eigenvalue weighted by Gasteiger charge is -2.37. The fraction of sp³-hybridized carbons (Fsp3) is 0.348. The summed E-state index contributed by atoms with van der Waals surface area (Å²) in [7, 11) is 0. The number of aliphatic hydroxyl groups is 1. The first-order valence-corrected chi connectivity index (χ1v) is 10.5. The third kappa shape index (κ3) is 4.74. The van der Waals surface area contributed by atoms with E-state index in [9.17, 15) is 14.7 Å². The second kappa shape index (κ2) is 9.37. The van der Waals surface area contributed by atoms with Crippen molar-refractivity contribution in [1.82, 2.24) is 19.5 Å². The molecule has 0 radical (unpaired) electrons. The van der Waals surface area contributed by atoms with E-state index in [1.807, 2.05) is 19.9 Å². The highest BCUT2D eigenvalue weighted by Crippen LogP contribution is 2.37. The lowest BCUT2D eigenvalue weighted by molar-refractivity contribution is -0.137. The first kappa shape index (κ1) is 21.8. The fourth-order valence-electron chi connectivity index (χ4n) is 3.79. The number of ether oxygens (including phenoxy) is 1. The summed E-state index contributed by atoms with van der Waals surface area (Å²) in [6, 6.07) is 6.12. The molecule has 32 heavy (non-hydrogen) atoms. The smallest absolute Gasteiger partial charge is 0.274 e. The third-order valence-electron chi connectivity index (χ3n) is 5.44. The number of amides is 1. The molecule has 3 aromatic heterocycles. The average molecular weight is 435 g/mol. The van der Waals surface area contributed by atoms with Gasteiger partial charge in [-0.15, -0.1) is 0 Å². The van der Waals surface area contributed by atoms with Crippen molar-refractivity contribution in [1.29, 1.82) is 0 Å². The van der Waals surface area contributed by atoms with Crippen molar-refractivity contribution in [2.75, 3.05) is 5.32 Å². The van der Waals surface area contributed by atoms with Crippen LogP contribution in [0.2, 0.25) is 0 Å². The molecule has 0 unspecified atom stereocenters. The Bertz CT molecular complexity index is 1140. The zero-order chi connectivity index (χ0) is 22.7. The minimum absolute atomic E-state index is 0.128. The fourth-order valence-corrected chi connectivity index (χ4v) is 3.79. The Balaban J connectivity index is 1.55. The Hall–Kier alpha value is -3.43. The SMILES string of the molecule is CC(C)[C@H]1O[C@@H](c2ccncc2NC(=O)c2ccnc(-n3ccc(=O)cc3)n2)CC[C@@H]1O. The summed E-state index contributed by atoms with van der Waals surface area (Å²) in [6.07, 6.45) is 8.03. The van der Waals surface area contributed by atoms with E-state index in [4.69, 9.17) is 4.74 Å². The van der Waals surface area contributed by atoms with Gasteiger partial charge >= 0.3 is 0 Å². The molecule has 0 saturated carbocycles. The van der Waals surface area contributed by atoms with Gasteiger partial charge in [0.05, 0.1) is 30.2 Å². The molecule has 0 aliphatic carbocycles. The van der Waals surface area contributed by atoms with Crippen LogP contribution in [-0.4, -0.2) is 42.7 Å². The van der Waals surface area contributed by atoms with Crippen molar-refractivity contribution < 1.29 is 14.6 Å². The van der Waals surface area contributed by atoms with Crippen LogP contribution in [0.5, 0.6) is 0 Å². The van der Waals surface area contributed by atoms with Gasteiger partial charge in [0.1, 0.15) is 5.69 Å². The van der Waals surface area contributed by atoms with Crippen LogP contribution in [0, 0.1) is 5.92 Å². The van der Waals surface area contributed by atoms with Gasteiger partial charge in [0.2, 0.25) is 5.95 Å². The Morgan fingerprint density at radius 2 is 1.97 bits per heavy atom. The molecule has 0 aromatic carbocycles. The second-order valence-corrected chi connectivity index (χ2v) is 8.08. The molecule has 3 atom stereocenters. The van der Waals surface area contributed by atoms with Crippen LogP contribution >= 0.6 is 0 Å². The number of rotatable bonds is 5. The number of aliphatic hydroxyl groups excluding tert-OH is 1. The highest BCUT2D eigenvalue weighted by Gasteiger charge is 2.33. The van der Waals surface area contributed by atoms with Crippen molar-refractivity contribution in [3.8, 4) is 5.95 Å². The van der Waals surface area contributed by atoms with E-state index in [-0.39, 0.29) is 35.2 Å². The van der Waals surface area contributed by atoms with E-state index in [1.165, 1.54) is 24.4 Å². The van der Waals surface area contributed by atoms with Gasteiger partial charge in [0, 0.05) is 42.5 Å². The predicted octanol–water partition coefficient (Wildman–Crippen LogP) is 2.51. The molecule has 1 aliphatic heterocycles. The Morgan fingerprint density at radius 3 is 2.72 bits per heavy atom. The van der Waals surface area contributed by atoms with Gasteiger partial charge in [-0.2, -0.15) is 0 Å². The molecule has 4 heterocycles. The minimum Gasteiger partial charge on any atom is -0.390 e. The summed E-state index contributed by atoms with van der Waals surface area (Å²) in [4.78, 5) is 36.9. The van der Waals surface area contributed by atoms with Gasteiger partial charge in [-0.25, -0.2) is 9.97 Å². The number of hydrogen-bond acceptors (Lipinski definition) is 7. The summed E-state index contributed by atoms with van der Waals surface area (Å²) in [5.74, 6) is 0.0222. The minimum atomic E-state index is -0.501. The molecular weight excluding hydrogens is 410 g/mol. The second-order valence-electron chi connectivity index (χ2n) is 8.08. The van der Waals surface area contributed by atoms with Crippen LogP contribution in [-0.2, 0) is 4.74 Å². The molecule has 1 fully saturated rings. The summed E-state index contributed by atoms with van der Waals surface area (Å²) in [6.45, 7) is 4.03. The van der Waals surface area contributed by atoms with Crippen molar-refractivity contribution >= 4 is 11.6 Å². The zero-order valence-electron chi connectivity index (χ0n) is 17.9. The van der Waals surface area contributed by atoms with Gasteiger partial charge < -0.3 is 15.2 Å². The number of carbonyl (C=O) groups excluding carboxylic acids is 1. The first-order valence-electron chi connectivity index (χ1n) is 10.5. The van der Waals surface area contributed by atoms with Crippen LogP contribution in [0.4, 0.5) is 5.69 Å². The molecule has 1 amide bonds. The molecule has 1 saturated heterocycles. The molecule has 166 valence electrons. The predicted molar refractivity (Wildman–Crippen MR) is 118 cm³/mol. The highest BCUT2D eigenvalue weighted by molar-refractivity contribution is 6.03. The van der Waals surface area contributed by atoms with Crippen LogP contribution in [0.1, 0.15) is 48.8 Å². The standard InChI is InChI=1S/C23H25N5O4/c1-14(2)21-19(30)3-4-20(32-21)16-5-9-24-13-18(16)26-22(31)17-6-10-25-23(27-17)28-11-7-15(29)8-12-28/h5-14,19-21,30H,3-4H2,1-2H3,(H,26,31)/t19-,20+,21+/m0/s1. The molecule has 2 N–H and O–H groups in total. The number of nitrogens with zero attached hydrogens (tertiary/aromatic N) is 4. The van der Waals surface area contributed by atoms with E-state index in [2.05, 4.69) is 20.3 Å². The maximum Gasteiger partial charge on any atom is 0.274 e. The van der Waals surface area contributed by atoms with Crippen molar-refractivity contribution in [2.45, 2.75) is 45.0 Å². The normalized spacial score (nSPS) is 20.8. The summed E-state index contributed by atoms with van der Waals surface area (Å²) < 4.78 is 7.73. The van der Waals surface area contributed by atoms with Gasteiger partial charge in [-0.1, -0.05) is 13.8 Å². The van der Waals surface area contributed by atoms with Crippen LogP contribution < -0.4 is 10.7 Å². The largest absolute Gasteiger partial charge is 0.390 e. The molecule has 0 spiro atoms. The van der Waals surface area contributed by atoms with E-state index in [0.717, 1.165) is 5.56 Å². The molecule has 9 nitrogen and oxygen atoms in total. The van der Waals surface area contributed by atoms with Crippen LogP contribution in [0.15, 0.2) is 60.0 Å². The molecule has 4 rings (SSSR count). The van der Waals surface area contributed by atoms with Crippen molar-refractivity contribution in [3.05, 3.63) is 76.7 Å². The maximum atomic E-state index is 12.9. The highest BCUT2D eigenvalue weighted by atomic mass is 16.5. The van der Waals surface area contributed by atoms with Crippen LogP contribution in [0.3, 0.4) is 0 Å². The summed E-state index contributed by atoms with van der Waals surface area (Å²) >= 11 is 0. The van der Waals surface area contributed by atoms with Gasteiger partial charge in [0.15, 0.2) is 5.43 Å². The maximum absolute atomic E-state index is 12.9. The number of aromatic nitrogens is 4. The topological polar surface area (TPSA) is 119 Å². The van der Waals surface area contributed by atoms with Gasteiger partial charge in [-0.05, 0) is 30.9 Å². The third-order valence-corrected chi connectivity index (χ3v) is 5.44. The molecule has 1 aliphatic rings. The summed E-state index contributed by atoms with van der Waals surface area (Å²) in [5, 5.41) is 13.1. The van der Waals surface area contributed by atoms with Crippen molar-refractivity contribution in [3.63, 3.8) is 0 Å². The number of carbonyl (C=O) groups is 1. The average Bonchev–Trinajstić information content (AvgIpc) is 2.80.